The summed E-state index contributed by atoms with van der Waals surface area (Å²) in [4.78, 5) is 18.5. The second-order valence-electron chi connectivity index (χ2n) is 3.37. The van der Waals surface area contributed by atoms with Gasteiger partial charge in [0, 0.05) is 0 Å². The average Bonchev–Trinajstić information content (AvgIpc) is 2.17. The molecule has 4 nitrogen and oxygen atoms in total. The molecule has 3 N–H and O–H groups in total. The van der Waals surface area contributed by atoms with Crippen LogP contribution < -0.4 is 11.3 Å². The Hall–Kier alpha value is -1.39. The highest BCUT2D eigenvalue weighted by Gasteiger charge is 2.08. The van der Waals surface area contributed by atoms with Gasteiger partial charge in [-0.25, -0.2) is 4.98 Å². The van der Waals surface area contributed by atoms with E-state index in [2.05, 4.69) is 9.97 Å². The molecule has 0 aliphatic heterocycles. The van der Waals surface area contributed by atoms with Crippen molar-refractivity contribution < 1.29 is 0 Å². The van der Waals surface area contributed by atoms with Crippen LogP contribution in [0.25, 0.3) is 10.9 Å². The highest BCUT2D eigenvalue weighted by atomic mass is 35.5. The van der Waals surface area contributed by atoms with Crippen molar-refractivity contribution in [2.75, 3.05) is 0 Å². The summed E-state index contributed by atoms with van der Waals surface area (Å²) in [6, 6.07) is 4.85. The van der Waals surface area contributed by atoms with Crippen LogP contribution in [-0.2, 0) is 0 Å². The number of rotatable bonds is 1. The van der Waals surface area contributed by atoms with Gasteiger partial charge in [0.15, 0.2) is 0 Å². The fraction of sp³-hybridized carbons (Fsp3) is 0.200. The number of H-pyrrole nitrogens is 1. The molecule has 15 heavy (non-hydrogen) atoms. The number of aromatic nitrogens is 2. The first-order valence-corrected chi connectivity index (χ1v) is 4.91. The first-order chi connectivity index (χ1) is 7.09. The minimum atomic E-state index is -0.305. The van der Waals surface area contributed by atoms with Gasteiger partial charge in [0.2, 0.25) is 0 Å². The maximum absolute atomic E-state index is 11.7. The fourth-order valence-electron chi connectivity index (χ4n) is 1.38. The van der Waals surface area contributed by atoms with Crippen LogP contribution in [0.3, 0.4) is 0 Å². The topological polar surface area (TPSA) is 71.8 Å². The molecule has 1 atom stereocenters. The number of nitrogens with two attached hydrogens (primary N) is 1. The van der Waals surface area contributed by atoms with Crippen molar-refractivity contribution in [2.24, 2.45) is 5.73 Å². The number of hydrogen-bond acceptors (Lipinski definition) is 3. The number of fused-ring (bicyclic) bond motifs is 1. The predicted octanol–water partition coefficient (Wildman–Crippen LogP) is 1.60. The number of benzene rings is 1. The summed E-state index contributed by atoms with van der Waals surface area (Å²) in [6.07, 6.45) is 0. The van der Waals surface area contributed by atoms with Crippen LogP contribution in [0.1, 0.15) is 18.8 Å². The molecule has 2 rings (SSSR count). The van der Waals surface area contributed by atoms with Gasteiger partial charge in [-0.3, -0.25) is 4.79 Å². The molecule has 1 aromatic carbocycles. The zero-order valence-electron chi connectivity index (χ0n) is 8.12. The molecule has 2 aromatic rings. The molecular formula is C10H10ClN3O. The monoisotopic (exact) mass is 223 g/mol. The van der Waals surface area contributed by atoms with Crippen LogP contribution >= 0.6 is 11.6 Å². The lowest BCUT2D eigenvalue weighted by Gasteiger charge is -2.06. The molecule has 0 bridgehead atoms. The molecule has 1 heterocycles. The SMILES string of the molecule is CC(N)c1nc2cccc(Cl)c2c(=O)[nH]1. The van der Waals surface area contributed by atoms with Crippen molar-refractivity contribution in [1.29, 1.82) is 0 Å². The van der Waals surface area contributed by atoms with Crippen LogP contribution in [0, 0.1) is 0 Å². The van der Waals surface area contributed by atoms with Crippen LogP contribution in [0.15, 0.2) is 23.0 Å². The summed E-state index contributed by atoms with van der Waals surface area (Å²) in [5, 5.41) is 0.807. The van der Waals surface area contributed by atoms with E-state index in [0.717, 1.165) is 0 Å². The fourth-order valence-corrected chi connectivity index (χ4v) is 1.64. The molecule has 0 radical (unpaired) electrons. The molecule has 0 fully saturated rings. The smallest absolute Gasteiger partial charge is 0.260 e. The quantitative estimate of drug-likeness (QED) is 0.771. The van der Waals surface area contributed by atoms with Crippen LogP contribution in [0.5, 0.6) is 0 Å². The Morgan fingerprint density at radius 1 is 1.53 bits per heavy atom. The molecule has 0 saturated heterocycles. The molecule has 5 heteroatoms. The van der Waals surface area contributed by atoms with Gasteiger partial charge in [0.1, 0.15) is 5.82 Å². The van der Waals surface area contributed by atoms with Crippen molar-refractivity contribution in [1.82, 2.24) is 9.97 Å². The molecule has 0 spiro atoms. The second kappa shape index (κ2) is 3.64. The standard InChI is InChI=1S/C10H10ClN3O/c1-5(12)9-13-7-4-2-3-6(11)8(7)10(15)14-9/h2-5H,12H2,1H3,(H,13,14,15). The lowest BCUT2D eigenvalue weighted by Crippen LogP contribution is -2.17. The number of nitrogens with one attached hydrogen (secondary N) is 1. The van der Waals surface area contributed by atoms with E-state index in [1.54, 1.807) is 25.1 Å². The highest BCUT2D eigenvalue weighted by Crippen LogP contribution is 2.18. The van der Waals surface area contributed by atoms with Crippen molar-refractivity contribution in [2.45, 2.75) is 13.0 Å². The molecule has 0 aliphatic rings. The number of hydrogen-bond donors (Lipinski definition) is 2. The summed E-state index contributed by atoms with van der Waals surface area (Å²) >= 11 is 5.90. The van der Waals surface area contributed by atoms with Crippen LogP contribution in [0.2, 0.25) is 5.02 Å². The van der Waals surface area contributed by atoms with E-state index in [1.165, 1.54) is 0 Å². The molecular weight excluding hydrogens is 214 g/mol. The van der Waals surface area contributed by atoms with Gasteiger partial charge in [-0.05, 0) is 19.1 Å². The third kappa shape index (κ3) is 1.73. The zero-order valence-corrected chi connectivity index (χ0v) is 8.88. The summed E-state index contributed by atoms with van der Waals surface area (Å²) in [7, 11) is 0. The van der Waals surface area contributed by atoms with Crippen molar-refractivity contribution in [3.63, 3.8) is 0 Å². The van der Waals surface area contributed by atoms with Gasteiger partial charge in [0.05, 0.1) is 22.0 Å². The Morgan fingerprint density at radius 3 is 2.93 bits per heavy atom. The molecule has 1 unspecified atom stereocenters. The summed E-state index contributed by atoms with van der Waals surface area (Å²) in [5.41, 5.74) is 5.96. The van der Waals surface area contributed by atoms with E-state index in [-0.39, 0.29) is 11.6 Å². The molecule has 0 amide bonds. The van der Waals surface area contributed by atoms with E-state index in [9.17, 15) is 4.79 Å². The summed E-state index contributed by atoms with van der Waals surface area (Å²) in [5.74, 6) is 0.467. The first kappa shape index (κ1) is 10.1. The Kier molecular flexibility index (Phi) is 2.46. The Labute approximate surface area is 91.1 Å². The summed E-state index contributed by atoms with van der Waals surface area (Å²) < 4.78 is 0. The van der Waals surface area contributed by atoms with E-state index >= 15 is 0 Å². The van der Waals surface area contributed by atoms with Crippen LogP contribution in [0.4, 0.5) is 0 Å². The largest absolute Gasteiger partial charge is 0.322 e. The third-order valence-corrected chi connectivity index (χ3v) is 2.45. The zero-order chi connectivity index (χ0) is 11.0. The minimum Gasteiger partial charge on any atom is -0.322 e. The lowest BCUT2D eigenvalue weighted by atomic mass is 10.2. The molecule has 1 aromatic heterocycles. The van der Waals surface area contributed by atoms with E-state index in [0.29, 0.717) is 21.7 Å². The maximum atomic E-state index is 11.7. The van der Waals surface area contributed by atoms with Gasteiger partial charge in [0.25, 0.3) is 5.56 Å². The van der Waals surface area contributed by atoms with E-state index in [4.69, 9.17) is 17.3 Å². The average molecular weight is 224 g/mol. The number of aromatic amines is 1. The number of halogens is 1. The minimum absolute atomic E-state index is 0.252. The summed E-state index contributed by atoms with van der Waals surface area (Å²) in [6.45, 7) is 1.76. The lowest BCUT2D eigenvalue weighted by molar-refractivity contribution is 0.741. The number of nitrogens with zero attached hydrogens (tertiary/aromatic N) is 1. The van der Waals surface area contributed by atoms with Gasteiger partial charge in [-0.1, -0.05) is 17.7 Å². The van der Waals surface area contributed by atoms with Crippen molar-refractivity contribution >= 4 is 22.5 Å². The highest BCUT2D eigenvalue weighted by molar-refractivity contribution is 6.35. The predicted molar refractivity (Wildman–Crippen MR) is 60.0 cm³/mol. The van der Waals surface area contributed by atoms with Crippen LogP contribution in [-0.4, -0.2) is 9.97 Å². The molecule has 0 aliphatic carbocycles. The Balaban J connectivity index is 2.85. The third-order valence-electron chi connectivity index (χ3n) is 2.13. The molecule has 78 valence electrons. The Morgan fingerprint density at radius 2 is 2.27 bits per heavy atom. The normalized spacial score (nSPS) is 13.0. The van der Waals surface area contributed by atoms with Crippen molar-refractivity contribution in [3.05, 3.63) is 39.4 Å². The van der Waals surface area contributed by atoms with E-state index in [1.807, 2.05) is 0 Å². The van der Waals surface area contributed by atoms with Gasteiger partial charge >= 0.3 is 0 Å². The van der Waals surface area contributed by atoms with Gasteiger partial charge in [-0.2, -0.15) is 0 Å². The second-order valence-corrected chi connectivity index (χ2v) is 3.78. The first-order valence-electron chi connectivity index (χ1n) is 4.53. The van der Waals surface area contributed by atoms with Crippen molar-refractivity contribution in [3.8, 4) is 0 Å². The Bertz CT molecular complexity index is 562. The van der Waals surface area contributed by atoms with E-state index < -0.39 is 0 Å². The molecule has 0 saturated carbocycles. The van der Waals surface area contributed by atoms with Gasteiger partial charge in [-0.15, -0.1) is 0 Å². The maximum Gasteiger partial charge on any atom is 0.260 e. The van der Waals surface area contributed by atoms with Gasteiger partial charge < -0.3 is 10.7 Å².